The smallest absolute Gasteiger partial charge is 0.164 e. The summed E-state index contributed by atoms with van der Waals surface area (Å²) in [6, 6.07) is 1.75. The third-order valence-electron chi connectivity index (χ3n) is 2.91. The number of Topliss-reactive ketones (excluding diaryl/α,β-unsaturated/α-hetero) is 1. The Bertz CT molecular complexity index is 373. The van der Waals surface area contributed by atoms with Crippen molar-refractivity contribution in [3.63, 3.8) is 0 Å². The number of carbonyl (C=O) groups is 1. The third-order valence-corrected chi connectivity index (χ3v) is 2.91. The summed E-state index contributed by atoms with van der Waals surface area (Å²) in [6.45, 7) is 1.97. The number of ketones is 1. The van der Waals surface area contributed by atoms with Crippen LogP contribution in [0.2, 0.25) is 0 Å². The van der Waals surface area contributed by atoms with Crippen LogP contribution in [-0.4, -0.2) is 31.0 Å². The SMILES string of the molecule is COc1cncc(C(=O)CC2CCNC2)c1. The Hall–Kier alpha value is -1.42. The van der Waals surface area contributed by atoms with Gasteiger partial charge in [-0.15, -0.1) is 0 Å². The minimum atomic E-state index is 0.153. The molecule has 1 saturated heterocycles. The summed E-state index contributed by atoms with van der Waals surface area (Å²) in [5, 5.41) is 3.26. The molecule has 1 aromatic heterocycles. The maximum absolute atomic E-state index is 11.9. The Morgan fingerprint density at radius 2 is 2.50 bits per heavy atom. The molecule has 2 heterocycles. The predicted octanol–water partition coefficient (Wildman–Crippen LogP) is 1.27. The van der Waals surface area contributed by atoms with E-state index >= 15 is 0 Å². The van der Waals surface area contributed by atoms with Gasteiger partial charge in [0.25, 0.3) is 0 Å². The van der Waals surface area contributed by atoms with Crippen molar-refractivity contribution >= 4 is 5.78 Å². The van der Waals surface area contributed by atoms with Crippen LogP contribution in [0.25, 0.3) is 0 Å². The van der Waals surface area contributed by atoms with Gasteiger partial charge in [-0.25, -0.2) is 0 Å². The Balaban J connectivity index is 2.01. The summed E-state index contributed by atoms with van der Waals surface area (Å²) < 4.78 is 5.05. The molecule has 16 heavy (non-hydrogen) atoms. The van der Waals surface area contributed by atoms with E-state index in [-0.39, 0.29) is 5.78 Å². The second kappa shape index (κ2) is 5.07. The second-order valence-corrected chi connectivity index (χ2v) is 4.10. The van der Waals surface area contributed by atoms with Crippen molar-refractivity contribution in [2.45, 2.75) is 12.8 Å². The van der Waals surface area contributed by atoms with Gasteiger partial charge < -0.3 is 10.1 Å². The van der Waals surface area contributed by atoms with Crippen molar-refractivity contribution in [3.05, 3.63) is 24.0 Å². The molecule has 2 rings (SSSR count). The average molecular weight is 220 g/mol. The van der Waals surface area contributed by atoms with Crippen LogP contribution < -0.4 is 10.1 Å². The first-order valence-corrected chi connectivity index (χ1v) is 5.52. The predicted molar refractivity (Wildman–Crippen MR) is 60.7 cm³/mol. The summed E-state index contributed by atoms with van der Waals surface area (Å²) in [6.07, 6.45) is 4.89. The highest BCUT2D eigenvalue weighted by atomic mass is 16.5. The van der Waals surface area contributed by atoms with Crippen LogP contribution in [0, 0.1) is 5.92 Å². The van der Waals surface area contributed by atoms with Gasteiger partial charge in [0.05, 0.1) is 13.3 Å². The Kier molecular flexibility index (Phi) is 3.51. The van der Waals surface area contributed by atoms with Gasteiger partial charge in [-0.05, 0) is 31.5 Å². The fraction of sp³-hybridized carbons (Fsp3) is 0.500. The standard InChI is InChI=1S/C12H16N2O2/c1-16-11-5-10(7-14-8-11)12(15)4-9-2-3-13-6-9/h5,7-9,13H,2-4,6H2,1H3. The molecule has 1 aliphatic heterocycles. The molecule has 0 aromatic carbocycles. The molecule has 1 aliphatic rings. The first kappa shape index (κ1) is 11.1. The molecule has 0 saturated carbocycles. The first-order valence-electron chi connectivity index (χ1n) is 5.52. The van der Waals surface area contributed by atoms with Crippen molar-refractivity contribution in [1.82, 2.24) is 10.3 Å². The number of hydrogen-bond donors (Lipinski definition) is 1. The number of nitrogens with zero attached hydrogens (tertiary/aromatic N) is 1. The molecule has 0 bridgehead atoms. The second-order valence-electron chi connectivity index (χ2n) is 4.10. The zero-order chi connectivity index (χ0) is 11.4. The lowest BCUT2D eigenvalue weighted by atomic mass is 9.98. The van der Waals surface area contributed by atoms with Crippen LogP contribution in [0.5, 0.6) is 5.75 Å². The van der Waals surface area contributed by atoms with Gasteiger partial charge in [0.2, 0.25) is 0 Å². The van der Waals surface area contributed by atoms with E-state index in [9.17, 15) is 4.79 Å². The minimum Gasteiger partial charge on any atom is -0.495 e. The van der Waals surface area contributed by atoms with Crippen LogP contribution in [0.4, 0.5) is 0 Å². The molecule has 0 amide bonds. The summed E-state index contributed by atoms with van der Waals surface area (Å²) in [4.78, 5) is 15.9. The molecule has 4 nitrogen and oxygen atoms in total. The van der Waals surface area contributed by atoms with E-state index in [0.717, 1.165) is 19.5 Å². The first-order chi connectivity index (χ1) is 7.79. The highest BCUT2D eigenvalue weighted by molar-refractivity contribution is 5.96. The van der Waals surface area contributed by atoms with Crippen LogP contribution >= 0.6 is 0 Å². The van der Waals surface area contributed by atoms with E-state index in [0.29, 0.717) is 23.7 Å². The minimum absolute atomic E-state index is 0.153. The van der Waals surface area contributed by atoms with Crippen LogP contribution in [0.3, 0.4) is 0 Å². The number of carbonyl (C=O) groups excluding carboxylic acids is 1. The quantitative estimate of drug-likeness (QED) is 0.776. The van der Waals surface area contributed by atoms with Crippen molar-refractivity contribution in [2.24, 2.45) is 5.92 Å². The van der Waals surface area contributed by atoms with E-state index < -0.39 is 0 Å². The molecule has 4 heteroatoms. The molecule has 0 radical (unpaired) electrons. The summed E-state index contributed by atoms with van der Waals surface area (Å²) in [5.74, 6) is 1.26. The third kappa shape index (κ3) is 2.58. The van der Waals surface area contributed by atoms with E-state index in [1.54, 1.807) is 25.6 Å². The fourth-order valence-electron chi connectivity index (χ4n) is 1.95. The highest BCUT2D eigenvalue weighted by Crippen LogP contribution is 2.18. The monoisotopic (exact) mass is 220 g/mol. The van der Waals surface area contributed by atoms with Crippen molar-refractivity contribution in [2.75, 3.05) is 20.2 Å². The molecule has 1 unspecified atom stereocenters. The number of aromatic nitrogens is 1. The van der Waals surface area contributed by atoms with Gasteiger partial charge in [0.15, 0.2) is 5.78 Å². The molecule has 1 N–H and O–H groups in total. The maximum Gasteiger partial charge on any atom is 0.164 e. The van der Waals surface area contributed by atoms with Crippen molar-refractivity contribution in [3.8, 4) is 5.75 Å². The number of pyridine rings is 1. The maximum atomic E-state index is 11.9. The van der Waals surface area contributed by atoms with E-state index in [1.807, 2.05) is 0 Å². The Labute approximate surface area is 95.0 Å². The van der Waals surface area contributed by atoms with Gasteiger partial charge >= 0.3 is 0 Å². The number of ether oxygens (including phenoxy) is 1. The fourth-order valence-corrected chi connectivity index (χ4v) is 1.95. The summed E-state index contributed by atoms with van der Waals surface area (Å²) in [7, 11) is 1.58. The van der Waals surface area contributed by atoms with Crippen molar-refractivity contribution < 1.29 is 9.53 Å². The molecular weight excluding hydrogens is 204 g/mol. The molecule has 1 fully saturated rings. The number of nitrogens with one attached hydrogen (secondary N) is 1. The topological polar surface area (TPSA) is 51.2 Å². The summed E-state index contributed by atoms with van der Waals surface area (Å²) >= 11 is 0. The van der Waals surface area contributed by atoms with Gasteiger partial charge in [-0.1, -0.05) is 0 Å². The van der Waals surface area contributed by atoms with Crippen molar-refractivity contribution in [1.29, 1.82) is 0 Å². The molecule has 1 aromatic rings. The molecule has 0 spiro atoms. The van der Waals surface area contributed by atoms with E-state index in [4.69, 9.17) is 4.74 Å². The van der Waals surface area contributed by atoms with Gasteiger partial charge in [-0.3, -0.25) is 9.78 Å². The van der Waals surface area contributed by atoms with E-state index in [1.165, 1.54) is 0 Å². The van der Waals surface area contributed by atoms with Crippen LogP contribution in [0.15, 0.2) is 18.5 Å². The number of hydrogen-bond acceptors (Lipinski definition) is 4. The van der Waals surface area contributed by atoms with Crippen LogP contribution in [0.1, 0.15) is 23.2 Å². The van der Waals surface area contributed by atoms with E-state index in [2.05, 4.69) is 10.3 Å². The van der Waals surface area contributed by atoms with Gasteiger partial charge in [0.1, 0.15) is 5.75 Å². The number of rotatable bonds is 4. The summed E-state index contributed by atoms with van der Waals surface area (Å²) in [5.41, 5.74) is 0.645. The Morgan fingerprint density at radius 3 is 3.19 bits per heavy atom. The molecule has 0 aliphatic carbocycles. The zero-order valence-electron chi connectivity index (χ0n) is 9.40. The molecule has 1 atom stereocenters. The Morgan fingerprint density at radius 1 is 1.62 bits per heavy atom. The van der Waals surface area contributed by atoms with Gasteiger partial charge in [0, 0.05) is 18.2 Å². The average Bonchev–Trinajstić information content (AvgIpc) is 2.82. The highest BCUT2D eigenvalue weighted by Gasteiger charge is 2.19. The van der Waals surface area contributed by atoms with Gasteiger partial charge in [-0.2, -0.15) is 0 Å². The lowest BCUT2D eigenvalue weighted by Crippen LogP contribution is -2.13. The molecular formula is C12H16N2O2. The van der Waals surface area contributed by atoms with Crippen LogP contribution in [-0.2, 0) is 0 Å². The largest absolute Gasteiger partial charge is 0.495 e. The zero-order valence-corrected chi connectivity index (χ0v) is 9.40. The lowest BCUT2D eigenvalue weighted by Gasteiger charge is -2.07. The molecule has 86 valence electrons. The lowest BCUT2D eigenvalue weighted by molar-refractivity contribution is 0.0964. The number of methoxy groups -OCH3 is 1. The normalized spacial score (nSPS) is 19.7.